The fourth-order valence-electron chi connectivity index (χ4n) is 4.27. The highest BCUT2D eigenvalue weighted by molar-refractivity contribution is 5.96. The Labute approximate surface area is 184 Å². The number of piperazine rings is 1. The zero-order valence-electron chi connectivity index (χ0n) is 17.3. The molecule has 0 unspecified atom stereocenters. The number of carbonyl (C=O) groups is 1. The highest BCUT2D eigenvalue weighted by Crippen LogP contribution is 2.28. The Bertz CT molecular complexity index is 1270. The summed E-state index contributed by atoms with van der Waals surface area (Å²) < 4.78 is 28.4. The van der Waals surface area contributed by atoms with E-state index in [1.807, 2.05) is 30.6 Å². The van der Waals surface area contributed by atoms with Crippen molar-refractivity contribution in [3.8, 4) is 11.1 Å². The molecular formula is C26H21F2N3O. The first-order valence-corrected chi connectivity index (χ1v) is 10.5. The second kappa shape index (κ2) is 8.38. The summed E-state index contributed by atoms with van der Waals surface area (Å²) in [6, 6.07) is 18.4. The van der Waals surface area contributed by atoms with Gasteiger partial charge in [0.15, 0.2) is 0 Å². The SMILES string of the molecule is O=C(c1cccc(-c2c(F)cccc2F)c1)N1CCN(c2cncc3ccccc23)CC1. The Balaban J connectivity index is 1.34. The lowest BCUT2D eigenvalue weighted by Gasteiger charge is -2.36. The number of anilines is 1. The minimum Gasteiger partial charge on any atom is -0.366 e. The van der Waals surface area contributed by atoms with Gasteiger partial charge in [0, 0.05) is 48.7 Å². The Morgan fingerprint density at radius 2 is 1.53 bits per heavy atom. The van der Waals surface area contributed by atoms with E-state index in [1.54, 1.807) is 29.2 Å². The van der Waals surface area contributed by atoms with Gasteiger partial charge in [-0.3, -0.25) is 9.78 Å². The van der Waals surface area contributed by atoms with E-state index >= 15 is 0 Å². The van der Waals surface area contributed by atoms with Gasteiger partial charge in [-0.05, 0) is 29.8 Å². The summed E-state index contributed by atoms with van der Waals surface area (Å²) in [6.45, 7) is 2.48. The number of pyridine rings is 1. The number of benzene rings is 3. The van der Waals surface area contributed by atoms with Gasteiger partial charge < -0.3 is 9.80 Å². The molecule has 4 aromatic rings. The van der Waals surface area contributed by atoms with Crippen LogP contribution in [0.25, 0.3) is 21.9 Å². The van der Waals surface area contributed by atoms with Crippen molar-refractivity contribution in [2.24, 2.45) is 0 Å². The molecule has 0 radical (unpaired) electrons. The van der Waals surface area contributed by atoms with Crippen LogP contribution in [0, 0.1) is 11.6 Å². The first-order valence-electron chi connectivity index (χ1n) is 10.5. The molecule has 1 amide bonds. The number of hydrogen-bond donors (Lipinski definition) is 0. The summed E-state index contributed by atoms with van der Waals surface area (Å²) >= 11 is 0. The Morgan fingerprint density at radius 1 is 0.812 bits per heavy atom. The minimum absolute atomic E-state index is 0.115. The van der Waals surface area contributed by atoms with Gasteiger partial charge in [0.2, 0.25) is 0 Å². The molecule has 0 N–H and O–H groups in total. The molecule has 1 aliphatic rings. The third-order valence-corrected chi connectivity index (χ3v) is 5.92. The van der Waals surface area contributed by atoms with E-state index in [0.29, 0.717) is 37.3 Å². The van der Waals surface area contributed by atoms with Crippen molar-refractivity contribution in [2.75, 3.05) is 31.1 Å². The van der Waals surface area contributed by atoms with Crippen molar-refractivity contribution in [3.63, 3.8) is 0 Å². The lowest BCUT2D eigenvalue weighted by molar-refractivity contribution is 0.0747. The van der Waals surface area contributed by atoms with Crippen LogP contribution < -0.4 is 4.90 Å². The number of rotatable bonds is 3. The van der Waals surface area contributed by atoms with Gasteiger partial charge in [-0.25, -0.2) is 8.78 Å². The van der Waals surface area contributed by atoms with Gasteiger partial charge in [0.05, 0.1) is 17.4 Å². The second-order valence-electron chi connectivity index (χ2n) is 7.84. The number of hydrogen-bond acceptors (Lipinski definition) is 3. The average molecular weight is 429 g/mol. The second-order valence-corrected chi connectivity index (χ2v) is 7.84. The van der Waals surface area contributed by atoms with E-state index in [-0.39, 0.29) is 11.5 Å². The summed E-state index contributed by atoms with van der Waals surface area (Å²) in [5, 5.41) is 2.22. The molecule has 1 aliphatic heterocycles. The lowest BCUT2D eigenvalue weighted by atomic mass is 10.0. The predicted octanol–water partition coefficient (Wildman–Crippen LogP) is 5.14. The summed E-state index contributed by atoms with van der Waals surface area (Å²) in [7, 11) is 0. The fraction of sp³-hybridized carbons (Fsp3) is 0.154. The normalized spacial score (nSPS) is 14.1. The monoisotopic (exact) mass is 429 g/mol. The Kier molecular flexibility index (Phi) is 5.27. The zero-order valence-corrected chi connectivity index (χ0v) is 17.3. The van der Waals surface area contributed by atoms with Crippen LogP contribution in [-0.2, 0) is 0 Å². The summed E-state index contributed by atoms with van der Waals surface area (Å²) in [5.41, 5.74) is 1.72. The van der Waals surface area contributed by atoms with Crippen LogP contribution in [0.3, 0.4) is 0 Å². The third kappa shape index (κ3) is 3.68. The van der Waals surface area contributed by atoms with Crippen molar-refractivity contribution >= 4 is 22.4 Å². The van der Waals surface area contributed by atoms with Gasteiger partial charge in [-0.15, -0.1) is 0 Å². The molecule has 5 rings (SSSR count). The molecule has 4 nitrogen and oxygen atoms in total. The highest BCUT2D eigenvalue weighted by atomic mass is 19.1. The van der Waals surface area contributed by atoms with Crippen LogP contribution in [0.15, 0.2) is 79.1 Å². The number of halogens is 2. The smallest absolute Gasteiger partial charge is 0.253 e. The molecule has 0 spiro atoms. The number of fused-ring (bicyclic) bond motifs is 1. The largest absolute Gasteiger partial charge is 0.366 e. The molecule has 6 heteroatoms. The van der Waals surface area contributed by atoms with E-state index in [2.05, 4.69) is 16.0 Å². The van der Waals surface area contributed by atoms with Crippen LogP contribution in [0.2, 0.25) is 0 Å². The number of amides is 1. The number of aromatic nitrogens is 1. The standard InChI is InChI=1S/C26H21F2N3O/c27-22-9-4-10-23(28)25(22)18-6-3-7-19(15-18)26(32)31-13-11-30(12-14-31)24-17-29-16-20-5-1-2-8-21(20)24/h1-10,15-17H,11-14H2. The van der Waals surface area contributed by atoms with Crippen LogP contribution in [-0.4, -0.2) is 42.0 Å². The zero-order chi connectivity index (χ0) is 22.1. The molecule has 2 heterocycles. The van der Waals surface area contributed by atoms with Gasteiger partial charge >= 0.3 is 0 Å². The molecule has 3 aromatic carbocycles. The maximum absolute atomic E-state index is 14.2. The predicted molar refractivity (Wildman–Crippen MR) is 122 cm³/mol. The molecule has 0 bridgehead atoms. The van der Waals surface area contributed by atoms with Crippen molar-refractivity contribution in [1.29, 1.82) is 0 Å². The van der Waals surface area contributed by atoms with Gasteiger partial charge in [0.1, 0.15) is 11.6 Å². The van der Waals surface area contributed by atoms with E-state index in [9.17, 15) is 13.6 Å². The van der Waals surface area contributed by atoms with Gasteiger partial charge in [0.25, 0.3) is 5.91 Å². The van der Waals surface area contributed by atoms with Crippen molar-refractivity contribution in [1.82, 2.24) is 9.88 Å². The van der Waals surface area contributed by atoms with Crippen LogP contribution in [0.1, 0.15) is 10.4 Å². The first-order chi connectivity index (χ1) is 15.6. The highest BCUT2D eigenvalue weighted by Gasteiger charge is 2.24. The van der Waals surface area contributed by atoms with E-state index < -0.39 is 11.6 Å². The van der Waals surface area contributed by atoms with Gasteiger partial charge in [-0.1, -0.05) is 42.5 Å². The molecule has 0 atom stereocenters. The number of carbonyl (C=O) groups excluding carboxylic acids is 1. The molecule has 0 saturated carbocycles. The first kappa shape index (κ1) is 20.1. The van der Waals surface area contributed by atoms with Crippen LogP contribution in [0.4, 0.5) is 14.5 Å². The molecule has 1 aromatic heterocycles. The molecule has 1 fully saturated rings. The number of nitrogens with zero attached hydrogens (tertiary/aromatic N) is 3. The summed E-state index contributed by atoms with van der Waals surface area (Å²) in [6.07, 6.45) is 3.72. The fourth-order valence-corrected chi connectivity index (χ4v) is 4.27. The molecular weight excluding hydrogens is 408 g/mol. The maximum atomic E-state index is 14.2. The Morgan fingerprint density at radius 3 is 2.31 bits per heavy atom. The van der Waals surface area contributed by atoms with Crippen LogP contribution in [0.5, 0.6) is 0 Å². The minimum atomic E-state index is -0.646. The van der Waals surface area contributed by atoms with Crippen molar-refractivity contribution in [2.45, 2.75) is 0 Å². The Hall–Kier alpha value is -3.80. The molecule has 160 valence electrons. The van der Waals surface area contributed by atoms with E-state index in [0.717, 1.165) is 16.5 Å². The van der Waals surface area contributed by atoms with Gasteiger partial charge in [-0.2, -0.15) is 0 Å². The summed E-state index contributed by atoms with van der Waals surface area (Å²) in [5.74, 6) is -1.43. The lowest BCUT2D eigenvalue weighted by Crippen LogP contribution is -2.48. The van der Waals surface area contributed by atoms with Crippen LogP contribution >= 0.6 is 0 Å². The van der Waals surface area contributed by atoms with E-state index in [4.69, 9.17) is 0 Å². The topological polar surface area (TPSA) is 36.4 Å². The molecule has 1 saturated heterocycles. The van der Waals surface area contributed by atoms with Crippen molar-refractivity contribution in [3.05, 3.63) is 96.3 Å². The third-order valence-electron chi connectivity index (χ3n) is 5.92. The summed E-state index contributed by atoms with van der Waals surface area (Å²) in [4.78, 5) is 21.5. The maximum Gasteiger partial charge on any atom is 0.253 e. The average Bonchev–Trinajstić information content (AvgIpc) is 2.83. The van der Waals surface area contributed by atoms with E-state index in [1.165, 1.54) is 18.2 Å². The quantitative estimate of drug-likeness (QED) is 0.452. The molecule has 0 aliphatic carbocycles. The van der Waals surface area contributed by atoms with Crippen molar-refractivity contribution < 1.29 is 13.6 Å². The molecule has 32 heavy (non-hydrogen) atoms.